The zero-order valence-electron chi connectivity index (χ0n) is 17.2. The molecule has 0 atom stereocenters. The van der Waals surface area contributed by atoms with Crippen LogP contribution in [0.15, 0.2) is 36.5 Å². The minimum absolute atomic E-state index is 0.0679. The molecule has 8 nitrogen and oxygen atoms in total. The molecule has 1 fully saturated rings. The van der Waals surface area contributed by atoms with Crippen molar-refractivity contribution in [1.82, 2.24) is 15.6 Å². The van der Waals surface area contributed by atoms with E-state index in [2.05, 4.69) is 15.6 Å². The maximum Gasteiger partial charge on any atom is 0.315 e. The number of benzene rings is 1. The van der Waals surface area contributed by atoms with E-state index in [4.69, 9.17) is 19.5 Å². The van der Waals surface area contributed by atoms with Crippen LogP contribution < -0.4 is 24.8 Å². The van der Waals surface area contributed by atoms with Crippen LogP contribution in [0.1, 0.15) is 36.8 Å². The maximum absolute atomic E-state index is 12.2. The summed E-state index contributed by atoms with van der Waals surface area (Å²) in [6.07, 6.45) is 4.92. The molecule has 2 aromatic rings. The van der Waals surface area contributed by atoms with Crippen LogP contribution in [-0.4, -0.2) is 37.4 Å². The first-order valence-electron chi connectivity index (χ1n) is 9.89. The monoisotopic (exact) mass is 410 g/mol. The second-order valence-corrected chi connectivity index (χ2v) is 7.10. The van der Waals surface area contributed by atoms with Crippen LogP contribution in [0, 0.1) is 11.3 Å². The average molecular weight is 410 g/mol. The van der Waals surface area contributed by atoms with E-state index >= 15 is 0 Å². The molecule has 0 radical (unpaired) electrons. The van der Waals surface area contributed by atoms with Crippen LogP contribution in [0.5, 0.6) is 17.4 Å². The summed E-state index contributed by atoms with van der Waals surface area (Å²) in [4.78, 5) is 16.4. The van der Waals surface area contributed by atoms with Gasteiger partial charge in [-0.1, -0.05) is 6.07 Å². The number of urea groups is 1. The summed E-state index contributed by atoms with van der Waals surface area (Å²) >= 11 is 0. The Kier molecular flexibility index (Phi) is 7.33. The topological polar surface area (TPSA) is 106 Å². The molecule has 1 aliphatic carbocycles. The van der Waals surface area contributed by atoms with Gasteiger partial charge in [0.1, 0.15) is 12.2 Å². The van der Waals surface area contributed by atoms with Crippen molar-refractivity contribution in [2.75, 3.05) is 14.2 Å². The van der Waals surface area contributed by atoms with Crippen molar-refractivity contribution in [1.29, 1.82) is 5.26 Å². The van der Waals surface area contributed by atoms with Gasteiger partial charge in [-0.25, -0.2) is 9.78 Å². The predicted molar refractivity (Wildman–Crippen MR) is 111 cm³/mol. The molecular weight excluding hydrogens is 384 g/mol. The maximum atomic E-state index is 12.2. The van der Waals surface area contributed by atoms with Crippen LogP contribution in [-0.2, 0) is 6.54 Å². The number of pyridine rings is 1. The van der Waals surface area contributed by atoms with Gasteiger partial charge in [0.15, 0.2) is 11.5 Å². The van der Waals surface area contributed by atoms with E-state index in [0.717, 1.165) is 31.2 Å². The lowest BCUT2D eigenvalue weighted by Gasteiger charge is -2.29. The number of nitrogens with zero attached hydrogens (tertiary/aromatic N) is 2. The summed E-state index contributed by atoms with van der Waals surface area (Å²) in [7, 11) is 3.17. The summed E-state index contributed by atoms with van der Waals surface area (Å²) < 4.78 is 16.4. The highest BCUT2D eigenvalue weighted by atomic mass is 16.5. The van der Waals surface area contributed by atoms with Gasteiger partial charge < -0.3 is 24.8 Å². The third-order valence-corrected chi connectivity index (χ3v) is 5.06. The molecular formula is C22H26N4O4. The number of methoxy groups -OCH3 is 2. The van der Waals surface area contributed by atoms with Crippen molar-refractivity contribution in [2.45, 2.75) is 44.4 Å². The molecule has 2 N–H and O–H groups in total. The van der Waals surface area contributed by atoms with Crippen LogP contribution in [0.25, 0.3) is 0 Å². The predicted octanol–water partition coefficient (Wildman–Crippen LogP) is 3.16. The number of hydrogen-bond acceptors (Lipinski definition) is 6. The van der Waals surface area contributed by atoms with Gasteiger partial charge >= 0.3 is 6.03 Å². The van der Waals surface area contributed by atoms with E-state index in [1.165, 1.54) is 6.20 Å². The van der Waals surface area contributed by atoms with E-state index in [9.17, 15) is 4.79 Å². The Bertz CT molecular complexity index is 887. The number of nitriles is 1. The highest BCUT2D eigenvalue weighted by molar-refractivity contribution is 5.74. The van der Waals surface area contributed by atoms with Crippen molar-refractivity contribution in [2.24, 2.45) is 0 Å². The van der Waals surface area contributed by atoms with E-state index in [1.807, 2.05) is 24.3 Å². The smallest absolute Gasteiger partial charge is 0.315 e. The third-order valence-electron chi connectivity index (χ3n) is 5.06. The summed E-state index contributed by atoms with van der Waals surface area (Å²) in [5.41, 5.74) is 1.43. The molecule has 0 saturated heterocycles. The Hall–Kier alpha value is -3.47. The first-order chi connectivity index (χ1) is 14.6. The molecule has 0 spiro atoms. The Morgan fingerprint density at radius 3 is 2.53 bits per heavy atom. The summed E-state index contributed by atoms with van der Waals surface area (Å²) in [6.45, 7) is 0.398. The lowest BCUT2D eigenvalue weighted by atomic mass is 9.93. The van der Waals surface area contributed by atoms with Gasteiger partial charge in [-0.15, -0.1) is 0 Å². The molecule has 1 heterocycles. The van der Waals surface area contributed by atoms with Crippen LogP contribution in [0.3, 0.4) is 0 Å². The van der Waals surface area contributed by atoms with Crippen molar-refractivity contribution in [3.63, 3.8) is 0 Å². The lowest BCUT2D eigenvalue weighted by Crippen LogP contribution is -2.44. The number of hydrogen-bond donors (Lipinski definition) is 2. The van der Waals surface area contributed by atoms with Gasteiger partial charge in [-0.2, -0.15) is 5.26 Å². The highest BCUT2D eigenvalue weighted by Crippen LogP contribution is 2.27. The molecule has 1 saturated carbocycles. The number of carbonyl (C=O) groups excluding carboxylic acids is 1. The number of amides is 2. The third kappa shape index (κ3) is 5.77. The van der Waals surface area contributed by atoms with Crippen LogP contribution in [0.2, 0.25) is 0 Å². The molecule has 30 heavy (non-hydrogen) atoms. The second-order valence-electron chi connectivity index (χ2n) is 7.10. The first kappa shape index (κ1) is 21.2. The van der Waals surface area contributed by atoms with E-state index in [-0.39, 0.29) is 18.2 Å². The van der Waals surface area contributed by atoms with Gasteiger partial charge in [-0.05, 0) is 49.4 Å². The Balaban J connectivity index is 1.40. The lowest BCUT2D eigenvalue weighted by molar-refractivity contribution is 0.135. The van der Waals surface area contributed by atoms with E-state index in [1.54, 1.807) is 26.4 Å². The van der Waals surface area contributed by atoms with Gasteiger partial charge in [-0.3, -0.25) is 0 Å². The number of nitrogens with one attached hydrogen (secondary N) is 2. The van der Waals surface area contributed by atoms with Gasteiger partial charge in [0.2, 0.25) is 5.88 Å². The van der Waals surface area contributed by atoms with Crippen LogP contribution in [0.4, 0.5) is 4.79 Å². The van der Waals surface area contributed by atoms with Crippen molar-refractivity contribution < 1.29 is 19.0 Å². The number of ether oxygens (including phenoxy) is 3. The molecule has 1 aromatic carbocycles. The minimum Gasteiger partial charge on any atom is -0.493 e. The summed E-state index contributed by atoms with van der Waals surface area (Å²) in [6, 6.07) is 10.9. The van der Waals surface area contributed by atoms with Crippen molar-refractivity contribution >= 4 is 6.03 Å². The minimum atomic E-state index is -0.192. The van der Waals surface area contributed by atoms with Gasteiger partial charge in [0.25, 0.3) is 0 Å². The second kappa shape index (κ2) is 10.3. The molecule has 8 heteroatoms. The molecule has 1 aromatic heterocycles. The van der Waals surface area contributed by atoms with Crippen molar-refractivity contribution in [3.8, 4) is 23.4 Å². The molecule has 158 valence electrons. The fourth-order valence-corrected chi connectivity index (χ4v) is 3.42. The first-order valence-corrected chi connectivity index (χ1v) is 9.89. The zero-order valence-corrected chi connectivity index (χ0v) is 17.2. The molecule has 3 rings (SSSR count). The summed E-state index contributed by atoms with van der Waals surface area (Å²) in [5, 5.41) is 14.7. The Morgan fingerprint density at radius 2 is 1.90 bits per heavy atom. The quantitative estimate of drug-likeness (QED) is 0.726. The molecule has 0 unspecified atom stereocenters. The Morgan fingerprint density at radius 1 is 1.13 bits per heavy atom. The fraction of sp³-hybridized carbons (Fsp3) is 0.409. The molecule has 1 aliphatic rings. The SMILES string of the molecule is COc1ccc(CNC(=O)NC2CCC(Oc3ccc(C#N)cn3)CC2)cc1OC. The number of aromatic nitrogens is 1. The highest BCUT2D eigenvalue weighted by Gasteiger charge is 2.24. The van der Waals surface area contributed by atoms with Gasteiger partial charge in [0.05, 0.1) is 19.8 Å². The van der Waals surface area contributed by atoms with Crippen molar-refractivity contribution in [3.05, 3.63) is 47.7 Å². The average Bonchev–Trinajstić information content (AvgIpc) is 2.79. The standard InChI is InChI=1S/C22H26N4O4/c1-28-19-9-3-15(11-20(19)29-2)13-25-22(27)26-17-5-7-18(8-6-17)30-21-10-4-16(12-23)14-24-21/h3-4,9-11,14,17-18H,5-8,13H2,1-2H3,(H2,25,26,27). The molecule has 0 bridgehead atoms. The molecule has 0 aliphatic heterocycles. The van der Waals surface area contributed by atoms with Crippen LogP contribution >= 0.6 is 0 Å². The molecule has 2 amide bonds. The number of rotatable bonds is 7. The van der Waals surface area contributed by atoms with E-state index in [0.29, 0.717) is 29.5 Å². The number of carbonyl (C=O) groups is 1. The van der Waals surface area contributed by atoms with E-state index < -0.39 is 0 Å². The Labute approximate surface area is 176 Å². The zero-order chi connectivity index (χ0) is 21.3. The summed E-state index contributed by atoms with van der Waals surface area (Å²) in [5.74, 6) is 1.81. The normalized spacial score (nSPS) is 18.0. The van der Waals surface area contributed by atoms with Gasteiger partial charge in [0, 0.05) is 24.8 Å². The largest absolute Gasteiger partial charge is 0.493 e. The fourth-order valence-electron chi connectivity index (χ4n) is 3.42.